The molecule has 7 heteroatoms. The first kappa shape index (κ1) is 19.1. The van der Waals surface area contributed by atoms with E-state index >= 15 is 0 Å². The fraction of sp³-hybridized carbons (Fsp3) is 0.429. The molecule has 148 valence electrons. The standard InChI is InChI=1S/C21H25N3O3S/c1-2-16-6-7-17-19(15-16)28-21(22-17)24(20(25)18-5-3-12-27-18)9-4-8-23-10-13-26-14-11-23/h3,5-7,12,15H,2,4,8-11,13-14H2,1H3. The number of aromatic nitrogens is 1. The van der Waals surface area contributed by atoms with Crippen LogP contribution < -0.4 is 4.90 Å². The van der Waals surface area contributed by atoms with Crippen LogP contribution in [-0.2, 0) is 11.2 Å². The number of furan rings is 1. The molecule has 3 aromatic rings. The molecule has 1 saturated heterocycles. The van der Waals surface area contributed by atoms with Crippen LogP contribution in [0.25, 0.3) is 10.2 Å². The zero-order chi connectivity index (χ0) is 19.3. The summed E-state index contributed by atoms with van der Waals surface area (Å²) in [5.41, 5.74) is 2.21. The highest BCUT2D eigenvalue weighted by Crippen LogP contribution is 2.31. The number of carbonyl (C=O) groups excluding carboxylic acids is 1. The number of aryl methyl sites for hydroxylation is 1. The second-order valence-corrected chi connectivity index (χ2v) is 7.90. The third kappa shape index (κ3) is 4.27. The van der Waals surface area contributed by atoms with Crippen molar-refractivity contribution in [3.8, 4) is 0 Å². The van der Waals surface area contributed by atoms with Crippen molar-refractivity contribution in [2.24, 2.45) is 0 Å². The van der Waals surface area contributed by atoms with Gasteiger partial charge in [0.2, 0.25) is 0 Å². The summed E-state index contributed by atoms with van der Waals surface area (Å²) in [4.78, 5) is 21.9. The number of ether oxygens (including phenoxy) is 1. The van der Waals surface area contributed by atoms with E-state index in [2.05, 4.69) is 24.0 Å². The lowest BCUT2D eigenvalue weighted by Crippen LogP contribution is -2.39. The van der Waals surface area contributed by atoms with Crippen molar-refractivity contribution in [3.05, 3.63) is 47.9 Å². The second-order valence-electron chi connectivity index (χ2n) is 6.89. The topological polar surface area (TPSA) is 58.8 Å². The summed E-state index contributed by atoms with van der Waals surface area (Å²) in [7, 11) is 0. The maximum absolute atomic E-state index is 13.1. The highest BCUT2D eigenvalue weighted by molar-refractivity contribution is 7.22. The quantitative estimate of drug-likeness (QED) is 0.604. The van der Waals surface area contributed by atoms with Gasteiger partial charge in [0.25, 0.3) is 5.91 Å². The maximum Gasteiger partial charge on any atom is 0.295 e. The van der Waals surface area contributed by atoms with Crippen molar-refractivity contribution in [1.29, 1.82) is 0 Å². The summed E-state index contributed by atoms with van der Waals surface area (Å²) in [6.45, 7) is 7.16. The van der Waals surface area contributed by atoms with Crippen LogP contribution >= 0.6 is 11.3 Å². The zero-order valence-corrected chi connectivity index (χ0v) is 16.9. The molecule has 6 nitrogen and oxygen atoms in total. The number of hydrogen-bond acceptors (Lipinski definition) is 6. The first-order valence-electron chi connectivity index (χ1n) is 9.79. The predicted molar refractivity (Wildman–Crippen MR) is 111 cm³/mol. The monoisotopic (exact) mass is 399 g/mol. The minimum atomic E-state index is -0.137. The second kappa shape index (κ2) is 8.86. The third-order valence-electron chi connectivity index (χ3n) is 5.02. The minimum Gasteiger partial charge on any atom is -0.459 e. The molecule has 1 aliphatic heterocycles. The van der Waals surface area contributed by atoms with Gasteiger partial charge in [-0.05, 0) is 42.7 Å². The van der Waals surface area contributed by atoms with Gasteiger partial charge in [0, 0.05) is 26.2 Å². The van der Waals surface area contributed by atoms with Crippen LogP contribution in [0.15, 0.2) is 41.0 Å². The molecule has 0 spiro atoms. The number of morpholine rings is 1. The lowest BCUT2D eigenvalue weighted by Gasteiger charge is -2.27. The maximum atomic E-state index is 13.1. The summed E-state index contributed by atoms with van der Waals surface area (Å²) < 4.78 is 11.9. The van der Waals surface area contributed by atoms with E-state index in [9.17, 15) is 4.79 Å². The average molecular weight is 400 g/mol. The fourth-order valence-electron chi connectivity index (χ4n) is 3.39. The van der Waals surface area contributed by atoms with Crippen LogP contribution in [0.3, 0.4) is 0 Å². The first-order valence-corrected chi connectivity index (χ1v) is 10.6. The van der Waals surface area contributed by atoms with Crippen LogP contribution in [0.4, 0.5) is 5.13 Å². The summed E-state index contributed by atoms with van der Waals surface area (Å²) in [6.07, 6.45) is 3.39. The molecule has 0 atom stereocenters. The zero-order valence-electron chi connectivity index (χ0n) is 16.1. The highest BCUT2D eigenvalue weighted by atomic mass is 32.1. The number of nitrogens with zero attached hydrogens (tertiary/aromatic N) is 3. The van der Waals surface area contributed by atoms with Gasteiger partial charge >= 0.3 is 0 Å². The molecule has 0 aliphatic carbocycles. The van der Waals surface area contributed by atoms with E-state index in [-0.39, 0.29) is 5.91 Å². The van der Waals surface area contributed by atoms with Crippen molar-refractivity contribution in [3.63, 3.8) is 0 Å². The summed E-state index contributed by atoms with van der Waals surface area (Å²) in [5, 5.41) is 0.728. The van der Waals surface area contributed by atoms with E-state index in [1.165, 1.54) is 11.8 Å². The van der Waals surface area contributed by atoms with Gasteiger partial charge in [-0.2, -0.15) is 0 Å². The van der Waals surface area contributed by atoms with Gasteiger partial charge in [-0.25, -0.2) is 4.98 Å². The molecule has 0 radical (unpaired) electrons. The predicted octanol–water partition coefficient (Wildman–Crippen LogP) is 3.82. The molecular formula is C21H25N3O3S. The van der Waals surface area contributed by atoms with Crippen LogP contribution in [-0.4, -0.2) is 55.2 Å². The van der Waals surface area contributed by atoms with E-state index in [1.807, 2.05) is 6.07 Å². The molecule has 2 aromatic heterocycles. The van der Waals surface area contributed by atoms with Crippen LogP contribution in [0, 0.1) is 0 Å². The third-order valence-corrected chi connectivity index (χ3v) is 6.06. The average Bonchev–Trinajstić information content (AvgIpc) is 3.40. The normalized spacial score (nSPS) is 15.2. The number of thiazole rings is 1. The lowest BCUT2D eigenvalue weighted by molar-refractivity contribution is 0.0376. The van der Waals surface area contributed by atoms with E-state index in [1.54, 1.807) is 28.4 Å². The van der Waals surface area contributed by atoms with Gasteiger partial charge in [-0.15, -0.1) is 0 Å². The molecule has 0 saturated carbocycles. The first-order chi connectivity index (χ1) is 13.7. The number of fused-ring (bicyclic) bond motifs is 1. The van der Waals surface area contributed by atoms with E-state index < -0.39 is 0 Å². The van der Waals surface area contributed by atoms with Crippen LogP contribution in [0.1, 0.15) is 29.5 Å². The van der Waals surface area contributed by atoms with Gasteiger partial charge < -0.3 is 9.15 Å². The Morgan fingerprint density at radius 2 is 2.14 bits per heavy atom. The molecule has 1 fully saturated rings. The molecule has 28 heavy (non-hydrogen) atoms. The summed E-state index contributed by atoms with van der Waals surface area (Å²) in [5.74, 6) is 0.210. The number of anilines is 1. The summed E-state index contributed by atoms with van der Waals surface area (Å²) >= 11 is 1.57. The Labute approximate surface area is 168 Å². The Bertz CT molecular complexity index is 916. The lowest BCUT2D eigenvalue weighted by atomic mass is 10.2. The fourth-order valence-corrected chi connectivity index (χ4v) is 4.44. The Morgan fingerprint density at radius 3 is 2.89 bits per heavy atom. The Balaban J connectivity index is 1.54. The smallest absolute Gasteiger partial charge is 0.295 e. The van der Waals surface area contributed by atoms with Crippen molar-refractivity contribution in [1.82, 2.24) is 9.88 Å². The van der Waals surface area contributed by atoms with Crippen molar-refractivity contribution in [2.75, 3.05) is 44.3 Å². The van der Waals surface area contributed by atoms with E-state index in [4.69, 9.17) is 14.1 Å². The molecule has 0 bridgehead atoms. The number of amides is 1. The van der Waals surface area contributed by atoms with Gasteiger partial charge in [-0.3, -0.25) is 14.6 Å². The molecule has 1 aromatic carbocycles. The molecular weight excluding hydrogens is 374 g/mol. The van der Waals surface area contributed by atoms with Crippen molar-refractivity contribution in [2.45, 2.75) is 19.8 Å². The SMILES string of the molecule is CCc1ccc2nc(N(CCCN3CCOCC3)C(=O)c3ccco3)sc2c1. The Kier molecular flexibility index (Phi) is 6.04. The highest BCUT2D eigenvalue weighted by Gasteiger charge is 2.23. The Morgan fingerprint density at radius 1 is 1.29 bits per heavy atom. The molecule has 3 heterocycles. The molecule has 1 amide bonds. The molecule has 0 unspecified atom stereocenters. The van der Waals surface area contributed by atoms with Gasteiger partial charge in [0.1, 0.15) is 0 Å². The number of carbonyl (C=O) groups is 1. The number of rotatable bonds is 7. The van der Waals surface area contributed by atoms with Crippen LogP contribution in [0.5, 0.6) is 0 Å². The summed E-state index contributed by atoms with van der Waals surface area (Å²) in [6, 6.07) is 9.75. The number of benzene rings is 1. The molecule has 1 aliphatic rings. The van der Waals surface area contributed by atoms with E-state index in [0.717, 1.165) is 61.0 Å². The minimum absolute atomic E-state index is 0.137. The largest absolute Gasteiger partial charge is 0.459 e. The van der Waals surface area contributed by atoms with Crippen LogP contribution in [0.2, 0.25) is 0 Å². The molecule has 4 rings (SSSR count). The van der Waals surface area contributed by atoms with Crippen molar-refractivity contribution >= 4 is 32.6 Å². The van der Waals surface area contributed by atoms with E-state index in [0.29, 0.717) is 12.3 Å². The molecule has 0 N–H and O–H groups in total. The Hall–Kier alpha value is -2.22. The van der Waals surface area contributed by atoms with Gasteiger partial charge in [0.05, 0.1) is 29.7 Å². The van der Waals surface area contributed by atoms with Crippen molar-refractivity contribution < 1.29 is 13.9 Å². The van der Waals surface area contributed by atoms with Gasteiger partial charge in [0.15, 0.2) is 10.9 Å². The van der Waals surface area contributed by atoms with Gasteiger partial charge in [-0.1, -0.05) is 24.3 Å². The number of hydrogen-bond donors (Lipinski definition) is 0.